The summed E-state index contributed by atoms with van der Waals surface area (Å²) in [4.78, 5) is 12.5. The molecule has 5 atom stereocenters. The topological polar surface area (TPSA) is 37.3 Å². The molecule has 3 fully saturated rings. The average Bonchev–Trinajstić information content (AvgIpc) is 3.32. The van der Waals surface area contributed by atoms with Gasteiger partial charge in [0.25, 0.3) is 0 Å². The first-order chi connectivity index (χ1) is 22.2. The van der Waals surface area contributed by atoms with E-state index >= 15 is 8.78 Å². The maximum atomic E-state index is 16.9. The zero-order valence-electron chi connectivity index (χ0n) is 30.0. The minimum atomic E-state index is -3.51. The van der Waals surface area contributed by atoms with Gasteiger partial charge in [-0.15, -0.1) is 5.54 Å². The Morgan fingerprint density at radius 3 is 2.11 bits per heavy atom. The zero-order valence-corrected chi connectivity index (χ0v) is 31.0. The van der Waals surface area contributed by atoms with E-state index in [0.29, 0.717) is 25.2 Å². The molecular formula is C42H58F2O2Si. The number of allylic oxidation sites excluding steroid dienone is 4. The van der Waals surface area contributed by atoms with Crippen molar-refractivity contribution in [1.82, 2.24) is 0 Å². The third-order valence-corrected chi connectivity index (χ3v) is 20.4. The number of rotatable bonds is 6. The molecule has 0 spiro atoms. The summed E-state index contributed by atoms with van der Waals surface area (Å²) in [7, 11) is -2.42. The predicted molar refractivity (Wildman–Crippen MR) is 191 cm³/mol. The lowest BCUT2D eigenvalue weighted by Crippen LogP contribution is -2.60. The van der Waals surface area contributed by atoms with Gasteiger partial charge in [-0.05, 0) is 120 Å². The van der Waals surface area contributed by atoms with Crippen LogP contribution in [0, 0.1) is 28.7 Å². The highest BCUT2D eigenvalue weighted by molar-refractivity contribution is 6.90. The quantitative estimate of drug-likeness (QED) is 0.244. The summed E-state index contributed by atoms with van der Waals surface area (Å²) < 4.78 is 33.8. The van der Waals surface area contributed by atoms with Gasteiger partial charge >= 0.3 is 5.92 Å². The summed E-state index contributed by atoms with van der Waals surface area (Å²) in [6, 6.07) is 9.10. The number of alkyl halides is 2. The van der Waals surface area contributed by atoms with E-state index in [1.807, 2.05) is 13.0 Å². The Hall–Kier alpha value is -2.03. The van der Waals surface area contributed by atoms with Crippen molar-refractivity contribution in [3.63, 3.8) is 0 Å². The molecule has 5 aliphatic carbocycles. The van der Waals surface area contributed by atoms with Gasteiger partial charge < -0.3 is 5.11 Å². The molecule has 256 valence electrons. The van der Waals surface area contributed by atoms with Crippen LogP contribution >= 0.6 is 0 Å². The van der Waals surface area contributed by atoms with Gasteiger partial charge in [-0.3, -0.25) is 4.79 Å². The first kappa shape index (κ1) is 34.8. The molecule has 47 heavy (non-hydrogen) atoms. The van der Waals surface area contributed by atoms with Gasteiger partial charge in [-0.1, -0.05) is 97.6 Å². The van der Waals surface area contributed by atoms with Crippen LogP contribution in [-0.2, 0) is 4.79 Å². The fraction of sp³-hybridized carbons (Fsp3) is 0.690. The number of carbonyl (C=O) groups excluding carboxylic acids is 1. The summed E-state index contributed by atoms with van der Waals surface area (Å²) in [6.07, 6.45) is 12.3. The summed E-state index contributed by atoms with van der Waals surface area (Å²) in [5.41, 5.74) is 7.25. The lowest BCUT2D eigenvalue weighted by molar-refractivity contribution is -0.209. The highest BCUT2D eigenvalue weighted by Crippen LogP contribution is 2.69. The number of carbonyl (C=O) groups is 1. The molecule has 1 aromatic rings. The minimum absolute atomic E-state index is 0.0399. The second-order valence-corrected chi connectivity index (χ2v) is 22.7. The van der Waals surface area contributed by atoms with E-state index in [1.54, 1.807) is 0 Å². The Morgan fingerprint density at radius 1 is 0.872 bits per heavy atom. The highest BCUT2D eigenvalue weighted by Gasteiger charge is 2.71. The summed E-state index contributed by atoms with van der Waals surface area (Å²) in [5, 5.41) is 12.5. The SMILES string of the molecule is CC(C)[Si](C#CC(F)(F)[C@]1(O)CCC2C3CCC4=CC(=O)CCC4=C3C(c3ccc(C4CCCCC4)cc3)C[C@@]21C)(C(C)C)C(C)C. The van der Waals surface area contributed by atoms with Crippen LogP contribution in [0.3, 0.4) is 0 Å². The van der Waals surface area contributed by atoms with E-state index in [2.05, 4.69) is 77.3 Å². The minimum Gasteiger partial charge on any atom is -0.382 e. The molecule has 0 aromatic heterocycles. The monoisotopic (exact) mass is 660 g/mol. The third-order valence-electron chi connectivity index (χ3n) is 14.1. The fourth-order valence-electron chi connectivity index (χ4n) is 11.6. The lowest BCUT2D eigenvalue weighted by Gasteiger charge is -2.55. The average molecular weight is 661 g/mol. The summed E-state index contributed by atoms with van der Waals surface area (Å²) >= 11 is 0. The molecule has 1 N–H and O–H groups in total. The number of hydrogen-bond acceptors (Lipinski definition) is 2. The van der Waals surface area contributed by atoms with Gasteiger partial charge in [0, 0.05) is 17.8 Å². The number of aliphatic hydroxyl groups is 1. The molecule has 0 saturated heterocycles. The largest absolute Gasteiger partial charge is 0.382 e. The van der Waals surface area contributed by atoms with Crippen molar-refractivity contribution in [3.05, 3.63) is 58.2 Å². The van der Waals surface area contributed by atoms with Gasteiger partial charge in [0.05, 0.1) is 0 Å². The van der Waals surface area contributed by atoms with E-state index in [4.69, 9.17) is 0 Å². The van der Waals surface area contributed by atoms with Crippen LogP contribution in [0.2, 0.25) is 16.6 Å². The van der Waals surface area contributed by atoms with E-state index in [9.17, 15) is 9.90 Å². The molecule has 5 aliphatic rings. The van der Waals surface area contributed by atoms with Crippen LogP contribution in [0.4, 0.5) is 8.78 Å². The van der Waals surface area contributed by atoms with Crippen LogP contribution in [0.5, 0.6) is 0 Å². The molecule has 5 heteroatoms. The first-order valence-corrected chi connectivity index (χ1v) is 21.1. The van der Waals surface area contributed by atoms with Crippen LogP contribution in [0.15, 0.2) is 47.1 Å². The third kappa shape index (κ3) is 5.56. The van der Waals surface area contributed by atoms with Gasteiger partial charge in [-0.25, -0.2) is 0 Å². The van der Waals surface area contributed by atoms with Gasteiger partial charge in [0.1, 0.15) is 13.7 Å². The molecule has 3 saturated carbocycles. The van der Waals surface area contributed by atoms with E-state index < -0.39 is 25.0 Å². The predicted octanol–water partition coefficient (Wildman–Crippen LogP) is 11.2. The normalized spacial score (nSPS) is 31.8. The molecule has 0 heterocycles. The highest BCUT2D eigenvalue weighted by atomic mass is 28.3. The zero-order chi connectivity index (χ0) is 33.9. The molecule has 1 aromatic carbocycles. The molecule has 0 radical (unpaired) electrons. The Bertz CT molecular complexity index is 1460. The van der Waals surface area contributed by atoms with E-state index in [0.717, 1.165) is 19.3 Å². The van der Waals surface area contributed by atoms with Crippen LogP contribution in [-0.4, -0.2) is 30.5 Å². The van der Waals surface area contributed by atoms with Crippen molar-refractivity contribution in [1.29, 1.82) is 0 Å². The number of fused-ring (bicyclic) bond motifs is 4. The van der Waals surface area contributed by atoms with Crippen LogP contribution in [0.1, 0.15) is 148 Å². The number of hydrogen-bond donors (Lipinski definition) is 1. The molecule has 6 rings (SSSR count). The van der Waals surface area contributed by atoms with Gasteiger partial charge in [-0.2, -0.15) is 8.78 Å². The van der Waals surface area contributed by atoms with Crippen molar-refractivity contribution in [2.75, 3.05) is 0 Å². The van der Waals surface area contributed by atoms with Crippen molar-refractivity contribution >= 4 is 13.9 Å². The summed E-state index contributed by atoms with van der Waals surface area (Å²) in [5.74, 6) is -0.0978. The molecule has 0 amide bonds. The Balaban J connectivity index is 1.44. The molecule has 3 unspecified atom stereocenters. The Morgan fingerprint density at radius 2 is 1.49 bits per heavy atom. The van der Waals surface area contributed by atoms with Crippen molar-refractivity contribution in [2.45, 2.75) is 165 Å². The smallest absolute Gasteiger partial charge is 0.336 e. The molecule has 2 nitrogen and oxygen atoms in total. The summed E-state index contributed by atoms with van der Waals surface area (Å²) in [6.45, 7) is 14.8. The second kappa shape index (κ2) is 12.7. The van der Waals surface area contributed by atoms with Crippen molar-refractivity contribution in [3.8, 4) is 11.5 Å². The first-order valence-electron chi connectivity index (χ1n) is 18.9. The molecular weight excluding hydrogens is 603 g/mol. The number of benzene rings is 1. The fourth-order valence-corrected chi connectivity index (χ4v) is 16.9. The Kier molecular flexibility index (Phi) is 9.40. The van der Waals surface area contributed by atoms with Crippen LogP contribution < -0.4 is 0 Å². The Labute approximate surface area is 284 Å². The number of ketones is 1. The van der Waals surface area contributed by atoms with Crippen molar-refractivity contribution < 1.29 is 18.7 Å². The van der Waals surface area contributed by atoms with Crippen LogP contribution in [0.25, 0.3) is 0 Å². The number of halogens is 2. The van der Waals surface area contributed by atoms with E-state index in [1.165, 1.54) is 60.0 Å². The van der Waals surface area contributed by atoms with Crippen molar-refractivity contribution in [2.24, 2.45) is 17.3 Å². The lowest BCUT2D eigenvalue weighted by atomic mass is 9.50. The van der Waals surface area contributed by atoms with E-state index in [-0.39, 0.29) is 46.6 Å². The van der Waals surface area contributed by atoms with Gasteiger partial charge in [0.2, 0.25) is 0 Å². The second-order valence-electron chi connectivity index (χ2n) is 17.1. The maximum Gasteiger partial charge on any atom is 0.336 e. The molecule has 0 aliphatic heterocycles. The maximum absolute atomic E-state index is 16.9. The molecule has 0 bridgehead atoms. The standard InChI is InChI=1S/C42H58F2O2Si/c1-27(2)47(28(3)4,29(5)6)24-23-42(43,44)41(46)22-21-38-36-19-17-33-25-34(45)18-20-35(33)39(36)37(26-40(38,41)7)32-15-13-31(14-16-32)30-11-9-8-10-12-30/h13-16,25,27-30,36-38,46H,8-12,17-22,26H2,1-7H3/t36?,37?,38?,40-,41-/m0/s1. The van der Waals surface area contributed by atoms with Gasteiger partial charge in [0.15, 0.2) is 5.78 Å².